The number of rotatable bonds is 3. The molecule has 0 saturated carbocycles. The first-order valence-electron chi connectivity index (χ1n) is 11.3. The maximum atomic E-state index is 13.5. The van der Waals surface area contributed by atoms with Crippen LogP contribution < -0.4 is 5.32 Å². The number of benzene rings is 1. The Morgan fingerprint density at radius 1 is 1.09 bits per heavy atom. The van der Waals surface area contributed by atoms with Crippen molar-refractivity contribution in [3.8, 4) is 0 Å². The van der Waals surface area contributed by atoms with Crippen molar-refractivity contribution in [3.63, 3.8) is 0 Å². The Morgan fingerprint density at radius 3 is 2.69 bits per heavy atom. The lowest BCUT2D eigenvalue weighted by molar-refractivity contribution is 0.0222. The molecule has 2 aliphatic rings. The second-order valence-electron chi connectivity index (χ2n) is 9.39. The van der Waals surface area contributed by atoms with Crippen LogP contribution in [0.5, 0.6) is 0 Å². The van der Waals surface area contributed by atoms with Gasteiger partial charge in [0.05, 0.1) is 16.6 Å². The van der Waals surface area contributed by atoms with Crippen LogP contribution in [-0.2, 0) is 14.8 Å². The van der Waals surface area contributed by atoms with E-state index in [1.165, 1.54) is 0 Å². The van der Waals surface area contributed by atoms with Crippen LogP contribution in [-0.4, -0.2) is 67.0 Å². The molecule has 2 fully saturated rings. The summed E-state index contributed by atoms with van der Waals surface area (Å²) in [6, 6.07) is 6.85. The van der Waals surface area contributed by atoms with Gasteiger partial charge in [0.2, 0.25) is 10.0 Å². The van der Waals surface area contributed by atoms with Gasteiger partial charge in [0.25, 0.3) is 0 Å². The maximum Gasteiger partial charge on any atom is 0.410 e. The summed E-state index contributed by atoms with van der Waals surface area (Å²) in [6.45, 7) is 8.55. The molecule has 0 radical (unpaired) electrons. The SMILES string of the molecule is CC(C)(C)OC(=O)N1CCC[C@H]1c1nccc2c(S(=O)(=O)N3CCCNCC3)cccc12. The number of ether oxygens (including phenoxy) is 1. The second-order valence-corrected chi connectivity index (χ2v) is 11.3. The highest BCUT2D eigenvalue weighted by molar-refractivity contribution is 7.89. The van der Waals surface area contributed by atoms with Crippen molar-refractivity contribution in [2.24, 2.45) is 0 Å². The lowest BCUT2D eigenvalue weighted by Crippen LogP contribution is -2.36. The summed E-state index contributed by atoms with van der Waals surface area (Å²) in [7, 11) is -3.65. The standard InChI is InChI=1S/C23H32N4O4S/c1-23(2,3)31-22(28)27-15-5-8-19(27)21-18-7-4-9-20(17(18)10-12-25-21)32(29,30)26-14-6-11-24-13-16-26/h4,7,9-10,12,19,24H,5-6,8,11,13-16H2,1-3H3/t19-/m0/s1. The van der Waals surface area contributed by atoms with Crippen molar-refractivity contribution in [1.82, 2.24) is 19.5 Å². The van der Waals surface area contributed by atoms with Gasteiger partial charge in [-0.15, -0.1) is 0 Å². The molecule has 9 heteroatoms. The zero-order valence-electron chi connectivity index (χ0n) is 19.0. The molecule has 1 aromatic heterocycles. The van der Waals surface area contributed by atoms with Crippen molar-refractivity contribution in [2.45, 2.75) is 56.6 Å². The summed E-state index contributed by atoms with van der Waals surface area (Å²) in [5.41, 5.74) is 0.139. The zero-order valence-corrected chi connectivity index (χ0v) is 19.8. The van der Waals surface area contributed by atoms with Crippen LogP contribution >= 0.6 is 0 Å². The average Bonchev–Trinajstić information content (AvgIpc) is 3.05. The third-order valence-electron chi connectivity index (χ3n) is 5.91. The molecule has 0 aliphatic carbocycles. The van der Waals surface area contributed by atoms with E-state index in [1.807, 2.05) is 26.8 Å². The highest BCUT2D eigenvalue weighted by Crippen LogP contribution is 2.37. The van der Waals surface area contributed by atoms with E-state index in [1.54, 1.807) is 33.6 Å². The molecule has 2 saturated heterocycles. The van der Waals surface area contributed by atoms with Crippen molar-refractivity contribution < 1.29 is 17.9 Å². The first-order valence-corrected chi connectivity index (χ1v) is 12.7. The van der Waals surface area contributed by atoms with Gasteiger partial charge in [0, 0.05) is 43.1 Å². The largest absolute Gasteiger partial charge is 0.444 e. The third kappa shape index (κ3) is 4.60. The summed E-state index contributed by atoms with van der Waals surface area (Å²) >= 11 is 0. The molecule has 0 unspecified atom stereocenters. The van der Waals surface area contributed by atoms with Gasteiger partial charge < -0.3 is 10.1 Å². The van der Waals surface area contributed by atoms with Crippen molar-refractivity contribution in [2.75, 3.05) is 32.7 Å². The summed E-state index contributed by atoms with van der Waals surface area (Å²) in [6.07, 6.45) is 3.68. The summed E-state index contributed by atoms with van der Waals surface area (Å²) < 4.78 is 34.2. The molecule has 4 rings (SSSR count). The summed E-state index contributed by atoms with van der Waals surface area (Å²) in [4.78, 5) is 19.4. The number of pyridine rings is 1. The zero-order chi connectivity index (χ0) is 22.9. The lowest BCUT2D eigenvalue weighted by Gasteiger charge is -2.29. The normalized spacial score (nSPS) is 21.0. The predicted molar refractivity (Wildman–Crippen MR) is 123 cm³/mol. The topological polar surface area (TPSA) is 91.8 Å². The number of fused-ring (bicyclic) bond motifs is 1. The lowest BCUT2D eigenvalue weighted by atomic mass is 10.0. The highest BCUT2D eigenvalue weighted by atomic mass is 32.2. The number of carbonyl (C=O) groups is 1. The smallest absolute Gasteiger partial charge is 0.410 e. The number of carbonyl (C=O) groups excluding carboxylic acids is 1. The average molecular weight is 461 g/mol. The fourth-order valence-electron chi connectivity index (χ4n) is 4.48. The van der Waals surface area contributed by atoms with Gasteiger partial charge in [-0.25, -0.2) is 13.2 Å². The Bertz CT molecular complexity index is 1090. The molecular formula is C23H32N4O4S. The molecule has 2 aromatic rings. The number of aromatic nitrogens is 1. The fourth-order valence-corrected chi connectivity index (χ4v) is 6.17. The number of nitrogens with one attached hydrogen (secondary N) is 1. The first kappa shape index (κ1) is 22.9. The Morgan fingerprint density at radius 2 is 1.91 bits per heavy atom. The van der Waals surface area contributed by atoms with Gasteiger partial charge in [-0.05, 0) is 58.7 Å². The molecule has 0 spiro atoms. The molecular weight excluding hydrogens is 428 g/mol. The van der Waals surface area contributed by atoms with E-state index in [9.17, 15) is 13.2 Å². The Balaban J connectivity index is 1.73. The van der Waals surface area contributed by atoms with Gasteiger partial charge in [-0.2, -0.15) is 4.31 Å². The molecule has 1 atom stereocenters. The van der Waals surface area contributed by atoms with Gasteiger partial charge in [-0.1, -0.05) is 12.1 Å². The van der Waals surface area contributed by atoms with Crippen LogP contribution in [0, 0.1) is 0 Å². The number of amides is 1. The van der Waals surface area contributed by atoms with Gasteiger partial charge >= 0.3 is 6.09 Å². The van der Waals surface area contributed by atoms with E-state index in [0.717, 1.165) is 36.9 Å². The molecule has 0 bridgehead atoms. The van der Waals surface area contributed by atoms with Crippen LogP contribution in [0.4, 0.5) is 4.79 Å². The quantitative estimate of drug-likeness (QED) is 0.756. The molecule has 1 aromatic carbocycles. The number of hydrogen-bond acceptors (Lipinski definition) is 6. The van der Waals surface area contributed by atoms with Crippen LogP contribution in [0.25, 0.3) is 10.8 Å². The monoisotopic (exact) mass is 460 g/mol. The highest BCUT2D eigenvalue weighted by Gasteiger charge is 2.35. The molecule has 1 amide bonds. The molecule has 32 heavy (non-hydrogen) atoms. The van der Waals surface area contributed by atoms with E-state index in [0.29, 0.717) is 36.5 Å². The second kappa shape index (κ2) is 8.96. The Kier molecular flexibility index (Phi) is 6.42. The minimum absolute atomic E-state index is 0.242. The van der Waals surface area contributed by atoms with E-state index in [2.05, 4.69) is 10.3 Å². The third-order valence-corrected chi connectivity index (χ3v) is 7.87. The van der Waals surface area contributed by atoms with E-state index < -0.39 is 15.6 Å². The first-order chi connectivity index (χ1) is 15.2. The number of hydrogen-bond donors (Lipinski definition) is 1. The van der Waals surface area contributed by atoms with Crippen LogP contribution in [0.1, 0.15) is 51.8 Å². The van der Waals surface area contributed by atoms with Crippen LogP contribution in [0.2, 0.25) is 0 Å². The minimum Gasteiger partial charge on any atom is -0.444 e. The molecule has 174 valence electrons. The van der Waals surface area contributed by atoms with Crippen molar-refractivity contribution in [3.05, 3.63) is 36.2 Å². The molecule has 3 heterocycles. The Labute approximate surface area is 190 Å². The van der Waals surface area contributed by atoms with Gasteiger partial charge in [-0.3, -0.25) is 9.88 Å². The van der Waals surface area contributed by atoms with E-state index in [4.69, 9.17) is 4.74 Å². The number of sulfonamides is 1. The molecule has 2 aliphatic heterocycles. The number of likely N-dealkylation sites (tertiary alicyclic amines) is 1. The Hall–Kier alpha value is -2.23. The maximum absolute atomic E-state index is 13.5. The predicted octanol–water partition coefficient (Wildman–Crippen LogP) is 3.29. The molecule has 1 N–H and O–H groups in total. The minimum atomic E-state index is -3.65. The van der Waals surface area contributed by atoms with Crippen molar-refractivity contribution in [1.29, 1.82) is 0 Å². The summed E-state index contributed by atoms with van der Waals surface area (Å²) in [5, 5.41) is 4.66. The van der Waals surface area contributed by atoms with Gasteiger partial charge in [0.1, 0.15) is 5.60 Å². The summed E-state index contributed by atoms with van der Waals surface area (Å²) in [5.74, 6) is 0. The van der Waals surface area contributed by atoms with Gasteiger partial charge in [0.15, 0.2) is 0 Å². The molecule has 8 nitrogen and oxygen atoms in total. The van der Waals surface area contributed by atoms with E-state index >= 15 is 0 Å². The van der Waals surface area contributed by atoms with E-state index in [-0.39, 0.29) is 12.1 Å². The van der Waals surface area contributed by atoms with Crippen LogP contribution in [0.15, 0.2) is 35.4 Å². The van der Waals surface area contributed by atoms with Crippen molar-refractivity contribution >= 4 is 26.9 Å². The van der Waals surface area contributed by atoms with Crippen LogP contribution in [0.3, 0.4) is 0 Å². The fraction of sp³-hybridized carbons (Fsp3) is 0.565. The number of nitrogens with zero attached hydrogens (tertiary/aromatic N) is 3.